The van der Waals surface area contributed by atoms with Crippen LogP contribution in [0, 0.1) is 0 Å². The van der Waals surface area contributed by atoms with Crippen LogP contribution in [0.2, 0.25) is 0 Å². The van der Waals surface area contributed by atoms with E-state index in [1.165, 1.54) is 6.92 Å². The van der Waals surface area contributed by atoms with Gasteiger partial charge in [-0.15, -0.1) is 0 Å². The zero-order valence-electron chi connectivity index (χ0n) is 33.1. The fourth-order valence-electron chi connectivity index (χ4n) is 7.83. The maximum atomic E-state index is 13.8. The first-order chi connectivity index (χ1) is 28.1. The number of anilines is 3. The van der Waals surface area contributed by atoms with Gasteiger partial charge in [-0.05, 0) is 117 Å². The van der Waals surface area contributed by atoms with E-state index in [2.05, 4.69) is 66.6 Å². The maximum Gasteiger partial charge on any atom is 0.258 e. The topological polar surface area (TPSA) is 196 Å². The molecule has 6 rings (SSSR count). The van der Waals surface area contributed by atoms with Crippen LogP contribution in [-0.4, -0.2) is 69.2 Å². The second-order valence-electron chi connectivity index (χ2n) is 15.1. The van der Waals surface area contributed by atoms with Gasteiger partial charge in [-0.3, -0.25) is 38.8 Å². The summed E-state index contributed by atoms with van der Waals surface area (Å²) in [5, 5.41) is 16.8. The van der Waals surface area contributed by atoms with E-state index >= 15 is 0 Å². The van der Waals surface area contributed by atoms with Crippen molar-refractivity contribution >= 4 is 59.7 Å². The molecular weight excluding hydrogens is 739 g/mol. The lowest BCUT2D eigenvalue weighted by molar-refractivity contribution is -0.135. The zero-order chi connectivity index (χ0) is 41.0. The minimum absolute atomic E-state index is 0.125. The predicted molar refractivity (Wildman–Crippen MR) is 224 cm³/mol. The molecule has 5 N–H and O–H groups in total. The SMILES string of the molecule is C=NCCNOC1(c2cc(NC(=O)c3ccc(N=NC(C(C)=O)C(=O)Nc4ccc5c(c4)NC(=O)C5)cc3)cc(C3(ONCCN=C)CCCCC3)c2)CCCCC1. The first-order valence-electron chi connectivity index (χ1n) is 20.0. The van der Waals surface area contributed by atoms with Gasteiger partial charge in [0.05, 0.1) is 25.2 Å². The summed E-state index contributed by atoms with van der Waals surface area (Å²) in [5.74, 6) is -1.61. The lowest BCUT2D eigenvalue weighted by Crippen LogP contribution is -2.41. The van der Waals surface area contributed by atoms with Crippen LogP contribution < -0.4 is 26.9 Å². The number of rotatable bonds is 19. The van der Waals surface area contributed by atoms with Crippen molar-refractivity contribution in [1.29, 1.82) is 0 Å². The van der Waals surface area contributed by atoms with Crippen LogP contribution in [0.5, 0.6) is 0 Å². The molecule has 15 heteroatoms. The molecule has 306 valence electrons. The number of fused-ring (bicyclic) bond motifs is 1. The number of azo groups is 1. The van der Waals surface area contributed by atoms with Crippen LogP contribution in [0.4, 0.5) is 22.7 Å². The van der Waals surface area contributed by atoms with Gasteiger partial charge in [-0.1, -0.05) is 44.6 Å². The largest absolute Gasteiger partial charge is 0.325 e. The van der Waals surface area contributed by atoms with Gasteiger partial charge in [-0.25, -0.2) is 0 Å². The van der Waals surface area contributed by atoms with Gasteiger partial charge >= 0.3 is 0 Å². The highest BCUT2D eigenvalue weighted by atomic mass is 16.7. The number of hydrogen-bond donors (Lipinski definition) is 5. The quantitative estimate of drug-likeness (QED) is 0.0285. The lowest BCUT2D eigenvalue weighted by Gasteiger charge is -2.40. The normalized spacial score (nSPS) is 17.5. The molecule has 0 bridgehead atoms. The second-order valence-corrected chi connectivity index (χ2v) is 15.1. The summed E-state index contributed by atoms with van der Waals surface area (Å²) in [6.45, 7) is 10.5. The molecule has 3 aromatic carbocycles. The summed E-state index contributed by atoms with van der Waals surface area (Å²) in [6.07, 6.45) is 9.76. The van der Waals surface area contributed by atoms with Crippen molar-refractivity contribution in [3.63, 3.8) is 0 Å². The Balaban J connectivity index is 1.22. The molecule has 0 saturated heterocycles. The standard InChI is InChI=1S/C43H53N9O6/c1-29(53)39(41(56)48-35-15-12-31-24-38(54)50-37(31)28-35)52-51-34-13-10-30(11-14-34)40(55)49-36-26-32(42(16-6-4-7-17-42)57-46-22-20-44-2)25-33(27-36)43(18-8-5-9-19-43)58-47-23-21-45-3/h10-15,25-28,39,46-47H,2-9,16-24H2,1H3,(H,48,56)(H,49,55)(H,50,54). The molecular formula is C43H53N9O6. The van der Waals surface area contributed by atoms with E-state index in [0.29, 0.717) is 54.5 Å². The van der Waals surface area contributed by atoms with Crippen molar-refractivity contribution in [3.8, 4) is 0 Å². The molecule has 58 heavy (non-hydrogen) atoms. The van der Waals surface area contributed by atoms with E-state index in [9.17, 15) is 19.2 Å². The number of nitrogens with zero attached hydrogens (tertiary/aromatic N) is 4. The number of nitrogens with one attached hydrogen (secondary N) is 5. The Labute approximate surface area is 338 Å². The van der Waals surface area contributed by atoms with Gasteiger partial charge in [-0.2, -0.15) is 21.2 Å². The molecule has 2 fully saturated rings. The molecule has 15 nitrogen and oxygen atoms in total. The summed E-state index contributed by atoms with van der Waals surface area (Å²) in [5.41, 5.74) is 10.2. The summed E-state index contributed by atoms with van der Waals surface area (Å²) >= 11 is 0. The lowest BCUT2D eigenvalue weighted by atomic mass is 9.75. The summed E-state index contributed by atoms with van der Waals surface area (Å²) in [6, 6.07) is 16.3. The molecule has 1 aliphatic heterocycles. The van der Waals surface area contributed by atoms with Gasteiger partial charge in [0.2, 0.25) is 11.9 Å². The Morgan fingerprint density at radius 1 is 0.759 bits per heavy atom. The van der Waals surface area contributed by atoms with Gasteiger partial charge < -0.3 is 16.0 Å². The van der Waals surface area contributed by atoms with Crippen molar-refractivity contribution in [3.05, 3.63) is 82.9 Å². The number of carbonyl (C=O) groups is 4. The Morgan fingerprint density at radius 2 is 1.34 bits per heavy atom. The molecule has 1 unspecified atom stereocenters. The van der Waals surface area contributed by atoms with Gasteiger partial charge in [0.15, 0.2) is 5.78 Å². The van der Waals surface area contributed by atoms with Crippen LogP contribution >= 0.6 is 0 Å². The zero-order valence-corrected chi connectivity index (χ0v) is 33.1. The van der Waals surface area contributed by atoms with Crippen LogP contribution in [0.3, 0.4) is 0 Å². The van der Waals surface area contributed by atoms with E-state index in [0.717, 1.165) is 80.9 Å². The van der Waals surface area contributed by atoms with Gasteiger partial charge in [0.25, 0.3) is 11.8 Å². The molecule has 2 saturated carbocycles. The van der Waals surface area contributed by atoms with Crippen molar-refractivity contribution in [2.45, 2.75) is 94.8 Å². The van der Waals surface area contributed by atoms with Crippen molar-refractivity contribution < 1.29 is 28.9 Å². The van der Waals surface area contributed by atoms with E-state index in [1.54, 1.807) is 42.5 Å². The average Bonchev–Trinajstić information content (AvgIpc) is 3.61. The van der Waals surface area contributed by atoms with Crippen LogP contribution in [0.15, 0.2) is 80.9 Å². The fraction of sp³-hybridized carbons (Fsp3) is 0.442. The minimum Gasteiger partial charge on any atom is -0.325 e. The molecule has 2 aliphatic carbocycles. The van der Waals surface area contributed by atoms with Gasteiger partial charge in [0.1, 0.15) is 11.2 Å². The molecule has 3 amide bonds. The Bertz CT molecular complexity index is 1950. The number of amides is 3. The maximum absolute atomic E-state index is 13.8. The summed E-state index contributed by atoms with van der Waals surface area (Å²) in [7, 11) is 0. The van der Waals surface area contributed by atoms with E-state index in [-0.39, 0.29) is 18.2 Å². The van der Waals surface area contributed by atoms with Crippen LogP contribution in [-0.2, 0) is 41.7 Å². The van der Waals surface area contributed by atoms with Crippen LogP contribution in [0.1, 0.15) is 98.2 Å². The molecule has 3 aliphatic rings. The van der Waals surface area contributed by atoms with E-state index < -0.39 is 28.9 Å². The number of Topliss-reactive ketones (excluding diaryl/α,β-unsaturated/α-hetero) is 1. The van der Waals surface area contributed by atoms with Gasteiger partial charge in [0, 0.05) is 35.7 Å². The predicted octanol–water partition coefficient (Wildman–Crippen LogP) is 6.88. The summed E-state index contributed by atoms with van der Waals surface area (Å²) < 4.78 is 0. The highest BCUT2D eigenvalue weighted by Crippen LogP contribution is 2.46. The third kappa shape index (κ3) is 10.5. The number of carbonyl (C=O) groups excluding carboxylic acids is 4. The molecule has 0 spiro atoms. The molecule has 1 heterocycles. The number of aliphatic imine (C=N–C) groups is 2. The third-order valence-electron chi connectivity index (χ3n) is 10.9. The molecule has 0 aromatic heterocycles. The first-order valence-corrected chi connectivity index (χ1v) is 20.0. The molecule has 3 aromatic rings. The minimum atomic E-state index is -1.40. The van der Waals surface area contributed by atoms with E-state index in [1.807, 2.05) is 12.1 Å². The smallest absolute Gasteiger partial charge is 0.258 e. The van der Waals surface area contributed by atoms with Crippen molar-refractivity contribution in [1.82, 2.24) is 11.0 Å². The average molecular weight is 792 g/mol. The number of hydroxylamine groups is 2. The number of ketones is 1. The Kier molecular flexibility index (Phi) is 14.4. The summed E-state index contributed by atoms with van der Waals surface area (Å²) in [4.78, 5) is 72.0. The van der Waals surface area contributed by atoms with Crippen molar-refractivity contribution in [2.24, 2.45) is 20.2 Å². The Morgan fingerprint density at radius 3 is 1.90 bits per heavy atom. The van der Waals surface area contributed by atoms with E-state index in [4.69, 9.17) is 9.68 Å². The number of hydrogen-bond acceptors (Lipinski definition) is 12. The molecule has 0 radical (unpaired) electrons. The fourth-order valence-corrected chi connectivity index (χ4v) is 7.83. The third-order valence-corrected chi connectivity index (χ3v) is 10.9. The highest BCUT2D eigenvalue weighted by Gasteiger charge is 2.40. The number of benzene rings is 3. The first kappa shape index (κ1) is 42.1. The Hall–Kier alpha value is -5.48. The van der Waals surface area contributed by atoms with Crippen molar-refractivity contribution in [2.75, 3.05) is 42.1 Å². The second kappa shape index (κ2) is 19.8. The monoisotopic (exact) mass is 791 g/mol. The molecule has 1 atom stereocenters. The van der Waals surface area contributed by atoms with Crippen LogP contribution in [0.25, 0.3) is 0 Å². The highest BCUT2D eigenvalue weighted by molar-refractivity contribution is 6.10.